The molecule has 0 bridgehead atoms. The van der Waals surface area contributed by atoms with E-state index in [0.29, 0.717) is 6.04 Å². The summed E-state index contributed by atoms with van der Waals surface area (Å²) in [5.41, 5.74) is 2.71. The lowest BCUT2D eigenvalue weighted by atomic mass is 10.1. The summed E-state index contributed by atoms with van der Waals surface area (Å²) in [4.78, 5) is 2.49. The SMILES string of the molecule is S=C(NCCc1ccccc1)N[C@H]1CCN(Cc2ccccc2)C1. The minimum Gasteiger partial charge on any atom is -0.362 e. The van der Waals surface area contributed by atoms with Gasteiger partial charge in [-0.3, -0.25) is 4.90 Å². The summed E-state index contributed by atoms with van der Waals surface area (Å²) in [5.74, 6) is 0. The molecular weight excluding hydrogens is 314 g/mol. The van der Waals surface area contributed by atoms with Gasteiger partial charge in [-0.1, -0.05) is 60.7 Å². The normalized spacial score (nSPS) is 17.6. The van der Waals surface area contributed by atoms with Crippen molar-refractivity contribution in [1.29, 1.82) is 0 Å². The zero-order valence-electron chi connectivity index (χ0n) is 13.9. The van der Waals surface area contributed by atoms with Gasteiger partial charge in [0.15, 0.2) is 5.11 Å². The largest absolute Gasteiger partial charge is 0.362 e. The molecule has 3 nitrogen and oxygen atoms in total. The third-order valence-corrected chi connectivity index (χ3v) is 4.66. The molecule has 24 heavy (non-hydrogen) atoms. The van der Waals surface area contributed by atoms with Crippen molar-refractivity contribution in [2.45, 2.75) is 25.4 Å². The molecule has 1 fully saturated rings. The number of hydrogen-bond acceptors (Lipinski definition) is 2. The molecule has 0 amide bonds. The summed E-state index contributed by atoms with van der Waals surface area (Å²) in [6.07, 6.45) is 2.14. The molecule has 126 valence electrons. The second kappa shape index (κ2) is 8.81. The minimum atomic E-state index is 0.449. The maximum atomic E-state index is 5.43. The van der Waals surface area contributed by atoms with Crippen LogP contribution in [0.25, 0.3) is 0 Å². The molecule has 0 saturated carbocycles. The van der Waals surface area contributed by atoms with Crippen molar-refractivity contribution in [2.75, 3.05) is 19.6 Å². The van der Waals surface area contributed by atoms with Gasteiger partial charge < -0.3 is 10.6 Å². The number of rotatable bonds is 6. The van der Waals surface area contributed by atoms with E-state index in [0.717, 1.165) is 44.1 Å². The molecule has 0 radical (unpaired) electrons. The van der Waals surface area contributed by atoms with Crippen molar-refractivity contribution in [3.05, 3.63) is 71.8 Å². The summed E-state index contributed by atoms with van der Waals surface area (Å²) < 4.78 is 0. The van der Waals surface area contributed by atoms with Crippen LogP contribution in [0.15, 0.2) is 60.7 Å². The van der Waals surface area contributed by atoms with Gasteiger partial charge in [-0.25, -0.2) is 0 Å². The van der Waals surface area contributed by atoms with Crippen molar-refractivity contribution in [3.63, 3.8) is 0 Å². The van der Waals surface area contributed by atoms with E-state index in [2.05, 4.69) is 70.1 Å². The fraction of sp³-hybridized carbons (Fsp3) is 0.350. The number of likely N-dealkylation sites (tertiary alicyclic amines) is 1. The lowest BCUT2D eigenvalue weighted by molar-refractivity contribution is 0.324. The highest BCUT2D eigenvalue weighted by Crippen LogP contribution is 2.13. The van der Waals surface area contributed by atoms with E-state index in [1.165, 1.54) is 11.1 Å². The maximum Gasteiger partial charge on any atom is 0.166 e. The van der Waals surface area contributed by atoms with Crippen LogP contribution in [0.1, 0.15) is 17.5 Å². The second-order valence-electron chi connectivity index (χ2n) is 6.34. The van der Waals surface area contributed by atoms with Crippen LogP contribution in [-0.4, -0.2) is 35.7 Å². The summed E-state index contributed by atoms with van der Waals surface area (Å²) in [6.45, 7) is 4.07. The molecule has 1 saturated heterocycles. The van der Waals surface area contributed by atoms with Gasteiger partial charge in [0.1, 0.15) is 0 Å². The Morgan fingerprint density at radius 1 is 1.00 bits per heavy atom. The smallest absolute Gasteiger partial charge is 0.166 e. The Hall–Kier alpha value is -1.91. The highest BCUT2D eigenvalue weighted by atomic mass is 32.1. The highest BCUT2D eigenvalue weighted by molar-refractivity contribution is 7.80. The van der Waals surface area contributed by atoms with Crippen molar-refractivity contribution in [3.8, 4) is 0 Å². The van der Waals surface area contributed by atoms with E-state index in [1.54, 1.807) is 0 Å². The molecule has 0 unspecified atom stereocenters. The van der Waals surface area contributed by atoms with Crippen LogP contribution in [0.4, 0.5) is 0 Å². The van der Waals surface area contributed by atoms with E-state index in [9.17, 15) is 0 Å². The fourth-order valence-corrected chi connectivity index (χ4v) is 3.41. The van der Waals surface area contributed by atoms with Gasteiger partial charge in [0, 0.05) is 32.2 Å². The van der Waals surface area contributed by atoms with Gasteiger partial charge in [0.05, 0.1) is 0 Å². The Kier molecular flexibility index (Phi) is 6.21. The van der Waals surface area contributed by atoms with Crippen molar-refractivity contribution in [1.82, 2.24) is 15.5 Å². The first-order valence-corrected chi connectivity index (χ1v) is 9.05. The van der Waals surface area contributed by atoms with Crippen LogP contribution in [0.5, 0.6) is 0 Å². The van der Waals surface area contributed by atoms with Crippen LogP contribution < -0.4 is 10.6 Å². The Bertz CT molecular complexity index is 630. The Morgan fingerprint density at radius 3 is 2.38 bits per heavy atom. The van der Waals surface area contributed by atoms with Crippen LogP contribution in [0, 0.1) is 0 Å². The van der Waals surface area contributed by atoms with Gasteiger partial charge in [-0.15, -0.1) is 0 Å². The highest BCUT2D eigenvalue weighted by Gasteiger charge is 2.22. The van der Waals surface area contributed by atoms with Crippen LogP contribution >= 0.6 is 12.2 Å². The molecule has 1 aliphatic rings. The summed E-state index contributed by atoms with van der Waals surface area (Å²) in [6, 6.07) is 21.6. The van der Waals surface area contributed by atoms with Crippen LogP contribution in [0.3, 0.4) is 0 Å². The van der Waals surface area contributed by atoms with Crippen LogP contribution in [-0.2, 0) is 13.0 Å². The molecule has 0 aromatic heterocycles. The zero-order chi connectivity index (χ0) is 16.6. The third kappa shape index (κ3) is 5.32. The summed E-state index contributed by atoms with van der Waals surface area (Å²) in [7, 11) is 0. The standard InChI is InChI=1S/C20H25N3S/c24-20(21-13-11-17-7-3-1-4-8-17)22-19-12-14-23(16-19)15-18-9-5-2-6-10-18/h1-10,19H,11-16H2,(H2,21,22,24)/t19-/m0/s1. The molecule has 2 N–H and O–H groups in total. The molecule has 1 heterocycles. The van der Waals surface area contributed by atoms with Crippen molar-refractivity contribution in [2.24, 2.45) is 0 Å². The molecule has 4 heteroatoms. The lowest BCUT2D eigenvalue weighted by Crippen LogP contribution is -2.43. The van der Waals surface area contributed by atoms with Gasteiger partial charge in [-0.05, 0) is 36.2 Å². The predicted octanol–water partition coefficient (Wildman–Crippen LogP) is 2.97. The topological polar surface area (TPSA) is 27.3 Å². The van der Waals surface area contributed by atoms with Gasteiger partial charge >= 0.3 is 0 Å². The average Bonchev–Trinajstić information content (AvgIpc) is 3.03. The fourth-order valence-electron chi connectivity index (χ4n) is 3.14. The first-order valence-electron chi connectivity index (χ1n) is 8.64. The monoisotopic (exact) mass is 339 g/mol. The minimum absolute atomic E-state index is 0.449. The summed E-state index contributed by atoms with van der Waals surface area (Å²) >= 11 is 5.43. The number of hydrogen-bond donors (Lipinski definition) is 2. The third-order valence-electron chi connectivity index (χ3n) is 4.40. The second-order valence-corrected chi connectivity index (χ2v) is 6.75. The molecule has 0 spiro atoms. The molecule has 1 aliphatic heterocycles. The molecule has 3 rings (SSSR count). The average molecular weight is 340 g/mol. The molecule has 1 atom stereocenters. The van der Waals surface area contributed by atoms with E-state index in [-0.39, 0.29) is 0 Å². The van der Waals surface area contributed by atoms with E-state index < -0.39 is 0 Å². The van der Waals surface area contributed by atoms with Crippen LogP contribution in [0.2, 0.25) is 0 Å². The summed E-state index contributed by atoms with van der Waals surface area (Å²) in [5, 5.41) is 7.56. The molecule has 0 aliphatic carbocycles. The number of nitrogens with one attached hydrogen (secondary N) is 2. The number of benzene rings is 2. The van der Waals surface area contributed by atoms with Gasteiger partial charge in [0.2, 0.25) is 0 Å². The number of nitrogens with zero attached hydrogens (tertiary/aromatic N) is 1. The van der Waals surface area contributed by atoms with Gasteiger partial charge in [-0.2, -0.15) is 0 Å². The first kappa shape index (κ1) is 16.9. The quantitative estimate of drug-likeness (QED) is 0.791. The van der Waals surface area contributed by atoms with E-state index in [1.807, 2.05) is 6.07 Å². The van der Waals surface area contributed by atoms with Crippen molar-refractivity contribution >= 4 is 17.3 Å². The number of thiocarbonyl (C=S) groups is 1. The first-order chi connectivity index (χ1) is 11.8. The Morgan fingerprint density at radius 2 is 1.67 bits per heavy atom. The van der Waals surface area contributed by atoms with E-state index >= 15 is 0 Å². The molecule has 2 aromatic carbocycles. The lowest BCUT2D eigenvalue weighted by Gasteiger charge is -2.18. The Balaban J connectivity index is 1.35. The molecular formula is C20H25N3S. The molecule has 2 aromatic rings. The zero-order valence-corrected chi connectivity index (χ0v) is 14.8. The van der Waals surface area contributed by atoms with Crippen molar-refractivity contribution < 1.29 is 0 Å². The maximum absolute atomic E-state index is 5.43. The van der Waals surface area contributed by atoms with Gasteiger partial charge in [0.25, 0.3) is 0 Å². The Labute approximate surface area is 150 Å². The predicted molar refractivity (Wildman–Crippen MR) is 104 cm³/mol. The van der Waals surface area contributed by atoms with E-state index in [4.69, 9.17) is 12.2 Å².